The Morgan fingerprint density at radius 2 is 0.750 bits per heavy atom. The van der Waals surface area contributed by atoms with Gasteiger partial charge in [-0.3, -0.25) is 0 Å². The number of hydrogen-bond donors (Lipinski definition) is 0. The Bertz CT molecular complexity index is 6.00. The Hall–Kier alpha value is 2.74. The quantitative estimate of drug-likeness (QED) is 0.295. The van der Waals surface area contributed by atoms with Gasteiger partial charge in [-0.1, -0.05) is 0 Å². The molecular formula is H2I2OTh. The van der Waals surface area contributed by atoms with Crippen LogP contribution >= 0.6 is 0 Å². The van der Waals surface area contributed by atoms with E-state index in [4.69, 9.17) is 0 Å². The van der Waals surface area contributed by atoms with Crippen molar-refractivity contribution in [1.29, 1.82) is 0 Å². The molecule has 0 unspecified atom stereocenters. The average molecular weight is 504 g/mol. The van der Waals surface area contributed by atoms with Crippen LogP contribution in [-0.4, -0.2) is 5.48 Å². The van der Waals surface area contributed by atoms with Crippen molar-refractivity contribution in [3.63, 3.8) is 0 Å². The molecule has 0 aromatic heterocycles. The van der Waals surface area contributed by atoms with Gasteiger partial charge in [0.1, 0.15) is 0 Å². The van der Waals surface area contributed by atoms with Crippen molar-refractivity contribution in [2.75, 3.05) is 0 Å². The topological polar surface area (TPSA) is 31.5 Å². The Morgan fingerprint density at radius 3 is 0.750 bits per heavy atom. The Morgan fingerprint density at radius 1 is 0.750 bits per heavy atom. The predicted octanol–water partition coefficient (Wildman–Crippen LogP) is -6.82. The standard InChI is InChI=1S/2HI.H2O.Th/h2*1H;1H2;/q;;;+2/p-2. The predicted molar refractivity (Wildman–Crippen MR) is 3.61 cm³/mol. The summed E-state index contributed by atoms with van der Waals surface area (Å²) in [5, 5.41) is 0. The van der Waals surface area contributed by atoms with Gasteiger partial charge in [-0.15, -0.1) is 0 Å². The van der Waals surface area contributed by atoms with Crippen LogP contribution in [0.15, 0.2) is 0 Å². The third kappa shape index (κ3) is 8.83. The van der Waals surface area contributed by atoms with Crippen LogP contribution in [0.5, 0.6) is 0 Å². The van der Waals surface area contributed by atoms with Crippen LogP contribution in [0, 0.1) is 39.9 Å². The molecule has 0 amide bonds. The second-order valence-corrected chi connectivity index (χ2v) is 0. The molecule has 0 rings (SSSR count). The van der Waals surface area contributed by atoms with Crippen molar-refractivity contribution >= 4 is 0 Å². The van der Waals surface area contributed by atoms with E-state index in [1.54, 1.807) is 0 Å². The van der Waals surface area contributed by atoms with Gasteiger partial charge >= 0.3 is 39.9 Å². The first-order valence-electron chi connectivity index (χ1n) is 0. The van der Waals surface area contributed by atoms with E-state index >= 15 is 0 Å². The summed E-state index contributed by atoms with van der Waals surface area (Å²) in [6.07, 6.45) is 0. The van der Waals surface area contributed by atoms with E-state index in [-0.39, 0.29) is 93.4 Å². The molecule has 2 N–H and O–H groups in total. The summed E-state index contributed by atoms with van der Waals surface area (Å²) in [7, 11) is 0. The summed E-state index contributed by atoms with van der Waals surface area (Å²) in [6.45, 7) is 0. The molecule has 0 saturated heterocycles. The van der Waals surface area contributed by atoms with Gasteiger partial charge in [0.25, 0.3) is 0 Å². The molecule has 0 heterocycles. The smallest absolute Gasteiger partial charge is 1.00 e. The monoisotopic (exact) mass is 504 g/mol. The van der Waals surface area contributed by atoms with Gasteiger partial charge in [0.15, 0.2) is 0 Å². The molecule has 0 aliphatic carbocycles. The Labute approximate surface area is 91.3 Å². The SMILES string of the molecule is O.[I-].[I-].[Th+2]. The maximum Gasteiger partial charge on any atom is 2.00 e. The van der Waals surface area contributed by atoms with Crippen molar-refractivity contribution in [3.8, 4) is 0 Å². The van der Waals surface area contributed by atoms with E-state index in [1.807, 2.05) is 0 Å². The van der Waals surface area contributed by atoms with E-state index in [2.05, 4.69) is 0 Å². The zero-order valence-electron chi connectivity index (χ0n) is 1.76. The molecule has 0 fully saturated rings. The first kappa shape index (κ1) is 29.5. The molecule has 0 saturated carbocycles. The summed E-state index contributed by atoms with van der Waals surface area (Å²) in [5.41, 5.74) is 0. The summed E-state index contributed by atoms with van der Waals surface area (Å²) in [5.74, 6) is 0. The summed E-state index contributed by atoms with van der Waals surface area (Å²) < 4.78 is 0. The summed E-state index contributed by atoms with van der Waals surface area (Å²) >= 11 is 0. The van der Waals surface area contributed by atoms with Crippen LogP contribution in [0.1, 0.15) is 0 Å². The second kappa shape index (κ2) is 17.2. The summed E-state index contributed by atoms with van der Waals surface area (Å²) in [4.78, 5) is 0. The minimum Gasteiger partial charge on any atom is -1.00 e. The molecule has 4 heavy (non-hydrogen) atoms. The zero-order valence-corrected chi connectivity index (χ0v) is 10.2. The first-order chi connectivity index (χ1) is 0. The Balaban J connectivity index is 0. The third-order valence-electron chi connectivity index (χ3n) is 0. The third-order valence-corrected chi connectivity index (χ3v) is 0. The van der Waals surface area contributed by atoms with Crippen LogP contribution in [-0.2, 0) is 0 Å². The van der Waals surface area contributed by atoms with Gasteiger partial charge in [-0.2, -0.15) is 0 Å². The van der Waals surface area contributed by atoms with E-state index in [0.717, 1.165) is 0 Å². The van der Waals surface area contributed by atoms with Crippen molar-refractivity contribution in [2.24, 2.45) is 0 Å². The molecule has 0 atom stereocenters. The van der Waals surface area contributed by atoms with Gasteiger partial charge in [0.05, 0.1) is 0 Å². The fourth-order valence-corrected chi connectivity index (χ4v) is 0. The second-order valence-electron chi connectivity index (χ2n) is 0. The molecule has 0 aliphatic heterocycles. The Kier molecular flexibility index (Phi) is 127. The van der Waals surface area contributed by atoms with Crippen molar-refractivity contribution in [3.05, 3.63) is 0 Å². The van der Waals surface area contributed by atoms with Crippen molar-refractivity contribution in [1.82, 2.24) is 0 Å². The molecule has 0 spiro atoms. The zero-order chi connectivity index (χ0) is 0. The normalized spacial score (nSPS) is 0. The fourth-order valence-electron chi connectivity index (χ4n) is 0. The van der Waals surface area contributed by atoms with E-state index in [0.29, 0.717) is 0 Å². The first-order valence-corrected chi connectivity index (χ1v) is 0. The van der Waals surface area contributed by atoms with Crippen LogP contribution in [0.25, 0.3) is 0 Å². The number of hydrogen-bond acceptors (Lipinski definition) is 0. The van der Waals surface area contributed by atoms with Gasteiger partial charge in [0.2, 0.25) is 0 Å². The molecule has 0 aromatic rings. The van der Waals surface area contributed by atoms with Crippen molar-refractivity contribution < 1.29 is 93.4 Å². The van der Waals surface area contributed by atoms with Gasteiger partial charge < -0.3 is 53.4 Å². The molecule has 0 bridgehead atoms. The number of rotatable bonds is 0. The van der Waals surface area contributed by atoms with Crippen LogP contribution in [0.4, 0.5) is 0 Å². The molecule has 0 aromatic carbocycles. The maximum atomic E-state index is 0. The molecule has 4 heteroatoms. The van der Waals surface area contributed by atoms with Crippen LogP contribution in [0.2, 0.25) is 0 Å². The van der Waals surface area contributed by atoms with Gasteiger partial charge in [-0.05, 0) is 0 Å². The fraction of sp³-hybridized carbons (Fsp3) is 0. The maximum absolute atomic E-state index is 0. The molecule has 0 radical (unpaired) electrons. The summed E-state index contributed by atoms with van der Waals surface area (Å²) in [6, 6.07) is 0. The van der Waals surface area contributed by atoms with Crippen LogP contribution < -0.4 is 48.0 Å². The van der Waals surface area contributed by atoms with E-state index < -0.39 is 0 Å². The minimum absolute atomic E-state index is 0. The molecular weight excluding hydrogens is 502 g/mol. The molecule has 26 valence electrons. The van der Waals surface area contributed by atoms with Gasteiger partial charge in [0, 0.05) is 0 Å². The van der Waals surface area contributed by atoms with E-state index in [1.165, 1.54) is 0 Å². The van der Waals surface area contributed by atoms with Gasteiger partial charge in [-0.25, -0.2) is 0 Å². The molecule has 1 nitrogen and oxygen atoms in total. The minimum atomic E-state index is 0. The van der Waals surface area contributed by atoms with E-state index in [9.17, 15) is 0 Å². The largest absolute Gasteiger partial charge is 2.00 e. The van der Waals surface area contributed by atoms with Crippen molar-refractivity contribution in [2.45, 2.75) is 0 Å². The number of halogens is 2. The van der Waals surface area contributed by atoms with Crippen LogP contribution in [0.3, 0.4) is 0 Å². The average Bonchev–Trinajstić information content (AvgIpc) is 0. The molecule has 0 aliphatic rings.